The van der Waals surface area contributed by atoms with E-state index in [4.69, 9.17) is 18.9 Å². The number of ether oxygens (including phenoxy) is 4. The number of pyridine rings is 1. The number of methoxy groups -OCH3 is 1. The molecule has 0 radical (unpaired) electrons. The third-order valence-corrected chi connectivity index (χ3v) is 7.45. The third-order valence-electron chi connectivity index (χ3n) is 7.45. The average molecular weight is 618 g/mol. The summed E-state index contributed by atoms with van der Waals surface area (Å²) < 4.78 is 39.4. The fourth-order valence-electron chi connectivity index (χ4n) is 4.99. The number of carbonyl (C=O) groups excluding carboxylic acids is 1. The van der Waals surface area contributed by atoms with Gasteiger partial charge in [-0.05, 0) is 62.2 Å². The zero-order valence-corrected chi connectivity index (χ0v) is 26.7. The summed E-state index contributed by atoms with van der Waals surface area (Å²) in [5, 5.41) is 5.87. The molecule has 0 aliphatic carbocycles. The van der Waals surface area contributed by atoms with Crippen molar-refractivity contribution in [3.8, 4) is 17.2 Å². The summed E-state index contributed by atoms with van der Waals surface area (Å²) >= 11 is 0. The largest absolute Gasteiger partial charge is 0.497 e. The third kappa shape index (κ3) is 7.35. The molecular weight excluding hydrogens is 577 g/mol. The molecule has 0 unspecified atom stereocenters. The van der Waals surface area contributed by atoms with Gasteiger partial charge >= 0.3 is 0 Å². The summed E-state index contributed by atoms with van der Waals surface area (Å²) in [6.45, 7) is 10.6. The molecule has 1 aliphatic heterocycles. The lowest BCUT2D eigenvalue weighted by molar-refractivity contribution is -0.150. The molecule has 1 fully saturated rings. The van der Waals surface area contributed by atoms with Crippen LogP contribution in [0.15, 0.2) is 71.5 Å². The van der Waals surface area contributed by atoms with Crippen LogP contribution >= 0.6 is 0 Å². The van der Waals surface area contributed by atoms with Gasteiger partial charge in [0.1, 0.15) is 34.4 Å². The van der Waals surface area contributed by atoms with Crippen LogP contribution in [0, 0.1) is 19.7 Å². The Bertz CT molecular complexity index is 1710. The normalized spacial score (nSPS) is 13.4. The van der Waals surface area contributed by atoms with Crippen molar-refractivity contribution in [2.24, 2.45) is 7.05 Å². The number of amides is 1. The first-order valence-corrected chi connectivity index (χ1v) is 14.8. The Morgan fingerprint density at radius 3 is 2.33 bits per heavy atom. The summed E-state index contributed by atoms with van der Waals surface area (Å²) in [7, 11) is 3.08. The number of hydrogen-bond acceptors (Lipinski definition) is 7. The fraction of sp³-hybridized carbons (Fsp3) is 0.314. The number of nitrogens with one attached hydrogen (secondary N) is 2. The summed E-state index contributed by atoms with van der Waals surface area (Å²) in [5.74, 6) is -0.844. The van der Waals surface area contributed by atoms with Gasteiger partial charge in [-0.1, -0.05) is 44.2 Å². The molecule has 10 heteroatoms. The SMILES string of the molecule is CC.COc1ccc(CNC(=O)c2c(Oc3cccc(C4(C)OCCO4)c3C)cc(=O)n(C)c2Nc2ccc(C)cc2F)cc1. The zero-order chi connectivity index (χ0) is 32.7. The van der Waals surface area contributed by atoms with Crippen molar-refractivity contribution >= 4 is 17.4 Å². The van der Waals surface area contributed by atoms with Crippen LogP contribution in [-0.4, -0.2) is 30.8 Å². The summed E-state index contributed by atoms with van der Waals surface area (Å²) in [6.07, 6.45) is 0. The van der Waals surface area contributed by atoms with Gasteiger partial charge in [0.05, 0.1) is 26.0 Å². The molecule has 2 heterocycles. The molecule has 3 aromatic carbocycles. The monoisotopic (exact) mass is 617 g/mol. The Morgan fingerprint density at radius 2 is 1.69 bits per heavy atom. The second-order valence-corrected chi connectivity index (χ2v) is 10.4. The van der Waals surface area contributed by atoms with E-state index in [0.29, 0.717) is 24.7 Å². The van der Waals surface area contributed by atoms with Gasteiger partial charge < -0.3 is 29.6 Å². The number of anilines is 2. The molecule has 1 aromatic heterocycles. The molecule has 1 aliphatic rings. The van der Waals surface area contributed by atoms with Gasteiger partial charge in [-0.25, -0.2) is 4.39 Å². The Balaban J connectivity index is 0.00000226. The molecule has 9 nitrogen and oxygen atoms in total. The molecule has 0 atom stereocenters. The van der Waals surface area contributed by atoms with Crippen molar-refractivity contribution < 1.29 is 28.1 Å². The minimum absolute atomic E-state index is 0.00372. The highest BCUT2D eigenvalue weighted by Gasteiger charge is 2.35. The maximum absolute atomic E-state index is 14.9. The highest BCUT2D eigenvalue weighted by Crippen LogP contribution is 2.39. The Labute approximate surface area is 262 Å². The van der Waals surface area contributed by atoms with Crippen molar-refractivity contribution in [1.82, 2.24) is 9.88 Å². The van der Waals surface area contributed by atoms with Gasteiger partial charge in [0.25, 0.3) is 11.5 Å². The van der Waals surface area contributed by atoms with Gasteiger partial charge in [0, 0.05) is 30.8 Å². The van der Waals surface area contributed by atoms with E-state index in [9.17, 15) is 14.0 Å². The minimum Gasteiger partial charge on any atom is -0.497 e. The van der Waals surface area contributed by atoms with E-state index < -0.39 is 23.1 Å². The molecule has 238 valence electrons. The average Bonchev–Trinajstić information content (AvgIpc) is 3.49. The number of carbonyl (C=O) groups is 1. The van der Waals surface area contributed by atoms with Crippen LogP contribution in [-0.2, 0) is 28.9 Å². The zero-order valence-electron chi connectivity index (χ0n) is 26.7. The van der Waals surface area contributed by atoms with Crippen LogP contribution in [0.2, 0.25) is 0 Å². The van der Waals surface area contributed by atoms with Crippen molar-refractivity contribution in [3.63, 3.8) is 0 Å². The van der Waals surface area contributed by atoms with Crippen LogP contribution in [0.3, 0.4) is 0 Å². The van der Waals surface area contributed by atoms with E-state index in [-0.39, 0.29) is 29.4 Å². The molecular formula is C35H40FN3O6. The number of halogens is 1. The second-order valence-electron chi connectivity index (χ2n) is 10.4. The second kappa shape index (κ2) is 14.4. The van der Waals surface area contributed by atoms with E-state index >= 15 is 0 Å². The van der Waals surface area contributed by atoms with Crippen molar-refractivity contribution in [1.29, 1.82) is 0 Å². The number of nitrogens with zero attached hydrogens (tertiary/aromatic N) is 1. The molecule has 45 heavy (non-hydrogen) atoms. The summed E-state index contributed by atoms with van der Waals surface area (Å²) in [6, 6.07) is 18.6. The van der Waals surface area contributed by atoms with Crippen molar-refractivity contribution in [2.45, 2.75) is 47.0 Å². The topological polar surface area (TPSA) is 100 Å². The van der Waals surface area contributed by atoms with Gasteiger partial charge in [-0.3, -0.25) is 14.2 Å². The van der Waals surface area contributed by atoms with Gasteiger partial charge in [-0.15, -0.1) is 0 Å². The first-order valence-electron chi connectivity index (χ1n) is 14.8. The predicted octanol–water partition coefficient (Wildman–Crippen LogP) is 6.86. The van der Waals surface area contributed by atoms with Crippen LogP contribution in [0.4, 0.5) is 15.9 Å². The van der Waals surface area contributed by atoms with Crippen LogP contribution in [0.1, 0.15) is 53.4 Å². The standard InChI is InChI=1S/C33H34FN3O6.C2H6/c1-20-9-14-26(25(34)17-20)36-31-30(32(39)35-19-22-10-12-23(40-5)13-11-22)28(18-29(38)37(31)4)43-27-8-6-7-24(21(27)2)33(3)41-15-16-42-33;1-2/h6-14,17-18,36H,15-16,19H2,1-5H3,(H,35,39);1-2H3. The number of rotatable bonds is 9. The maximum atomic E-state index is 14.9. The van der Waals surface area contributed by atoms with E-state index in [1.165, 1.54) is 23.7 Å². The lowest BCUT2D eigenvalue weighted by Gasteiger charge is -2.26. The lowest BCUT2D eigenvalue weighted by atomic mass is 10.0. The Kier molecular flexibility index (Phi) is 10.6. The highest BCUT2D eigenvalue weighted by atomic mass is 19.1. The predicted molar refractivity (Wildman–Crippen MR) is 172 cm³/mol. The van der Waals surface area contributed by atoms with Crippen LogP contribution in [0.5, 0.6) is 17.2 Å². The molecule has 1 amide bonds. The maximum Gasteiger partial charge on any atom is 0.259 e. The fourth-order valence-corrected chi connectivity index (χ4v) is 4.99. The molecule has 4 aromatic rings. The van der Waals surface area contributed by atoms with Crippen molar-refractivity contribution in [3.05, 3.63) is 111 Å². The Morgan fingerprint density at radius 1 is 1.00 bits per heavy atom. The summed E-state index contributed by atoms with van der Waals surface area (Å²) in [5.41, 5.74) is 2.70. The number of hydrogen-bond donors (Lipinski definition) is 2. The molecule has 5 rings (SSSR count). The van der Waals surface area contributed by atoms with Gasteiger partial charge in [-0.2, -0.15) is 0 Å². The lowest BCUT2D eigenvalue weighted by Crippen LogP contribution is -2.29. The van der Waals surface area contributed by atoms with E-state index in [1.807, 2.05) is 45.9 Å². The van der Waals surface area contributed by atoms with E-state index in [1.54, 1.807) is 50.4 Å². The molecule has 0 spiro atoms. The Hall–Kier alpha value is -4.67. The molecule has 0 saturated carbocycles. The van der Waals surface area contributed by atoms with E-state index in [0.717, 1.165) is 22.3 Å². The van der Waals surface area contributed by atoms with Crippen LogP contribution in [0.25, 0.3) is 0 Å². The number of benzene rings is 3. The smallest absolute Gasteiger partial charge is 0.259 e. The molecule has 0 bridgehead atoms. The van der Waals surface area contributed by atoms with Gasteiger partial charge in [0.2, 0.25) is 0 Å². The highest BCUT2D eigenvalue weighted by molar-refractivity contribution is 6.02. The number of aromatic nitrogens is 1. The number of aryl methyl sites for hydroxylation is 1. The first kappa shape index (κ1) is 33.2. The van der Waals surface area contributed by atoms with Crippen molar-refractivity contribution in [2.75, 3.05) is 25.6 Å². The first-order chi connectivity index (χ1) is 21.6. The molecule has 2 N–H and O–H groups in total. The summed E-state index contributed by atoms with van der Waals surface area (Å²) in [4.78, 5) is 27.0. The quantitative estimate of drug-likeness (QED) is 0.212. The van der Waals surface area contributed by atoms with E-state index in [2.05, 4.69) is 10.6 Å². The minimum atomic E-state index is -0.954. The van der Waals surface area contributed by atoms with Crippen LogP contribution < -0.4 is 25.7 Å². The molecule has 1 saturated heterocycles. The van der Waals surface area contributed by atoms with Gasteiger partial charge in [0.15, 0.2) is 5.79 Å².